The van der Waals surface area contributed by atoms with Crippen molar-refractivity contribution in [3.63, 3.8) is 0 Å². The molecule has 3 rings (SSSR count). The summed E-state index contributed by atoms with van der Waals surface area (Å²) in [5, 5.41) is 13.0. The number of hydrogen-bond acceptors (Lipinski definition) is 3. The Kier molecular flexibility index (Phi) is 5.23. The fraction of sp³-hybridized carbons (Fsp3) is 0.350. The molecule has 0 heterocycles. The lowest BCUT2D eigenvalue weighted by Crippen LogP contribution is -2.50. The fourth-order valence-electron chi connectivity index (χ4n) is 3.33. The van der Waals surface area contributed by atoms with Crippen LogP contribution in [0.5, 0.6) is 5.75 Å². The van der Waals surface area contributed by atoms with Crippen molar-refractivity contribution < 1.29 is 23.4 Å². The van der Waals surface area contributed by atoms with Crippen molar-refractivity contribution in [3.05, 3.63) is 65.2 Å². The van der Waals surface area contributed by atoms with Gasteiger partial charge in [0.25, 0.3) is 0 Å². The molecule has 4 nitrogen and oxygen atoms in total. The molecule has 0 bridgehead atoms. The summed E-state index contributed by atoms with van der Waals surface area (Å²) in [5.41, 5.74) is -0.138. The highest BCUT2D eigenvalue weighted by molar-refractivity contribution is 5.89. The number of aliphatic hydroxyl groups is 1. The third-order valence-corrected chi connectivity index (χ3v) is 5.04. The summed E-state index contributed by atoms with van der Waals surface area (Å²) in [6.07, 6.45) is 0.908. The Labute approximate surface area is 150 Å². The molecular weight excluding hydrogens is 340 g/mol. The smallest absolute Gasteiger partial charge is 0.230 e. The lowest BCUT2D eigenvalue weighted by atomic mass is 9.63. The van der Waals surface area contributed by atoms with E-state index in [1.54, 1.807) is 31.4 Å². The number of benzene rings is 2. The molecule has 6 heteroatoms. The monoisotopic (exact) mass is 361 g/mol. The Morgan fingerprint density at radius 2 is 1.92 bits per heavy atom. The summed E-state index contributed by atoms with van der Waals surface area (Å²) in [6, 6.07) is 10.2. The Morgan fingerprint density at radius 1 is 1.23 bits per heavy atom. The molecule has 2 aromatic carbocycles. The molecule has 138 valence electrons. The maximum atomic E-state index is 14.2. The van der Waals surface area contributed by atoms with E-state index in [0.29, 0.717) is 24.2 Å². The summed E-state index contributed by atoms with van der Waals surface area (Å²) in [7, 11) is 1.55. The predicted molar refractivity (Wildman–Crippen MR) is 92.9 cm³/mol. The van der Waals surface area contributed by atoms with E-state index in [0.717, 1.165) is 18.6 Å². The second-order valence-electron chi connectivity index (χ2n) is 6.56. The third-order valence-electron chi connectivity index (χ3n) is 5.04. The molecule has 26 heavy (non-hydrogen) atoms. The van der Waals surface area contributed by atoms with Gasteiger partial charge in [0.1, 0.15) is 17.4 Å². The van der Waals surface area contributed by atoms with Crippen LogP contribution in [0.2, 0.25) is 0 Å². The highest BCUT2D eigenvalue weighted by Gasteiger charge is 2.47. The average molecular weight is 361 g/mol. The molecule has 2 N–H and O–H groups in total. The van der Waals surface area contributed by atoms with E-state index in [1.165, 1.54) is 6.07 Å². The number of amides is 1. The lowest BCUT2D eigenvalue weighted by molar-refractivity contribution is -0.130. The Morgan fingerprint density at radius 3 is 2.46 bits per heavy atom. The predicted octanol–water partition coefficient (Wildman–Crippen LogP) is 3.24. The molecule has 1 aliphatic rings. The van der Waals surface area contributed by atoms with Crippen molar-refractivity contribution >= 4 is 5.91 Å². The fourth-order valence-corrected chi connectivity index (χ4v) is 3.33. The van der Waals surface area contributed by atoms with Crippen molar-refractivity contribution in [1.29, 1.82) is 0 Å². The zero-order valence-electron chi connectivity index (χ0n) is 14.5. The summed E-state index contributed by atoms with van der Waals surface area (Å²) in [4.78, 5) is 12.7. The number of halogens is 2. The van der Waals surface area contributed by atoms with Crippen LogP contribution >= 0.6 is 0 Å². The Bertz CT molecular complexity index is 788. The molecule has 1 unspecified atom stereocenters. The average Bonchev–Trinajstić information content (AvgIpc) is 2.60. The molecule has 1 fully saturated rings. The highest BCUT2D eigenvalue weighted by atomic mass is 19.1. The first kappa shape index (κ1) is 18.3. The quantitative estimate of drug-likeness (QED) is 0.830. The summed E-state index contributed by atoms with van der Waals surface area (Å²) >= 11 is 0. The van der Waals surface area contributed by atoms with Crippen LogP contribution in [0.4, 0.5) is 8.78 Å². The van der Waals surface area contributed by atoms with E-state index in [-0.39, 0.29) is 18.0 Å². The van der Waals surface area contributed by atoms with E-state index < -0.39 is 23.2 Å². The molecule has 0 aliphatic heterocycles. The standard InChI is InChI=1S/C20H21F2NO3/c1-26-15-6-3-13(4-7-15)18(24)12-23-19(25)20(9-2-10-20)16-8-5-14(21)11-17(16)22/h3-8,11,18,24H,2,9-10,12H2,1H3,(H,23,25). The highest BCUT2D eigenvalue weighted by Crippen LogP contribution is 2.45. The van der Waals surface area contributed by atoms with Crippen molar-refractivity contribution in [3.8, 4) is 5.75 Å². The second kappa shape index (κ2) is 7.41. The summed E-state index contributed by atoms with van der Waals surface area (Å²) in [6.45, 7) is 0.00965. The molecular formula is C20H21F2NO3. The van der Waals surface area contributed by atoms with Crippen molar-refractivity contribution in [2.45, 2.75) is 30.8 Å². The van der Waals surface area contributed by atoms with E-state index in [9.17, 15) is 18.7 Å². The van der Waals surface area contributed by atoms with Gasteiger partial charge in [0.2, 0.25) is 5.91 Å². The van der Waals surface area contributed by atoms with E-state index in [2.05, 4.69) is 5.32 Å². The summed E-state index contributed by atoms with van der Waals surface area (Å²) < 4.78 is 32.4. The Balaban J connectivity index is 1.69. The number of carbonyl (C=O) groups excluding carboxylic acids is 1. The summed E-state index contributed by atoms with van der Waals surface area (Å²) in [5.74, 6) is -1.06. The van der Waals surface area contributed by atoms with Gasteiger partial charge in [0.15, 0.2) is 0 Å². The van der Waals surface area contributed by atoms with Crippen LogP contribution in [0.15, 0.2) is 42.5 Å². The molecule has 1 saturated carbocycles. The lowest BCUT2D eigenvalue weighted by Gasteiger charge is -2.41. The second-order valence-corrected chi connectivity index (χ2v) is 6.56. The van der Waals surface area contributed by atoms with Crippen molar-refractivity contribution in [2.75, 3.05) is 13.7 Å². The van der Waals surface area contributed by atoms with Gasteiger partial charge >= 0.3 is 0 Å². The molecule has 1 aliphatic carbocycles. The number of nitrogens with one attached hydrogen (secondary N) is 1. The third kappa shape index (κ3) is 3.42. The minimum Gasteiger partial charge on any atom is -0.497 e. The SMILES string of the molecule is COc1ccc(C(O)CNC(=O)C2(c3ccc(F)cc3F)CCC2)cc1. The van der Waals surface area contributed by atoms with Crippen molar-refractivity contribution in [1.82, 2.24) is 5.32 Å². The number of methoxy groups -OCH3 is 1. The molecule has 0 aromatic heterocycles. The van der Waals surface area contributed by atoms with Crippen LogP contribution in [0, 0.1) is 11.6 Å². The Hall–Kier alpha value is -2.47. The first-order valence-corrected chi connectivity index (χ1v) is 8.52. The number of hydrogen-bond donors (Lipinski definition) is 2. The van der Waals surface area contributed by atoms with Gasteiger partial charge in [-0.2, -0.15) is 0 Å². The number of carbonyl (C=O) groups is 1. The van der Waals surface area contributed by atoms with E-state index in [4.69, 9.17) is 4.74 Å². The van der Waals surface area contributed by atoms with Gasteiger partial charge in [0, 0.05) is 18.2 Å². The van der Waals surface area contributed by atoms with Crippen LogP contribution in [0.3, 0.4) is 0 Å². The van der Waals surface area contributed by atoms with E-state index in [1.807, 2.05) is 0 Å². The zero-order chi connectivity index (χ0) is 18.7. The van der Waals surface area contributed by atoms with Crippen LogP contribution in [0.25, 0.3) is 0 Å². The van der Waals surface area contributed by atoms with Gasteiger partial charge < -0.3 is 15.2 Å². The first-order chi connectivity index (χ1) is 12.5. The van der Waals surface area contributed by atoms with Crippen LogP contribution in [-0.4, -0.2) is 24.7 Å². The molecule has 0 spiro atoms. The number of aliphatic hydroxyl groups excluding tert-OH is 1. The molecule has 1 atom stereocenters. The van der Waals surface area contributed by atoms with Crippen LogP contribution in [-0.2, 0) is 10.2 Å². The maximum absolute atomic E-state index is 14.2. The molecule has 2 aromatic rings. The number of rotatable bonds is 6. The van der Waals surface area contributed by atoms with Gasteiger partial charge in [-0.15, -0.1) is 0 Å². The maximum Gasteiger partial charge on any atom is 0.230 e. The van der Waals surface area contributed by atoms with Gasteiger partial charge in [-0.3, -0.25) is 4.79 Å². The minimum absolute atomic E-state index is 0.00965. The molecule has 1 amide bonds. The van der Waals surface area contributed by atoms with Gasteiger partial charge in [-0.1, -0.05) is 24.6 Å². The largest absolute Gasteiger partial charge is 0.497 e. The van der Waals surface area contributed by atoms with Crippen LogP contribution in [0.1, 0.15) is 36.5 Å². The minimum atomic E-state index is -0.989. The van der Waals surface area contributed by atoms with Gasteiger partial charge in [-0.05, 0) is 36.6 Å². The van der Waals surface area contributed by atoms with Gasteiger partial charge in [0.05, 0.1) is 18.6 Å². The molecule has 0 saturated heterocycles. The first-order valence-electron chi connectivity index (χ1n) is 8.52. The zero-order valence-corrected chi connectivity index (χ0v) is 14.5. The van der Waals surface area contributed by atoms with Gasteiger partial charge in [-0.25, -0.2) is 8.78 Å². The number of ether oxygens (including phenoxy) is 1. The topological polar surface area (TPSA) is 58.6 Å². The van der Waals surface area contributed by atoms with Crippen LogP contribution < -0.4 is 10.1 Å². The van der Waals surface area contributed by atoms with Crippen molar-refractivity contribution in [2.24, 2.45) is 0 Å². The molecule has 0 radical (unpaired) electrons. The normalized spacial score (nSPS) is 16.5. The van der Waals surface area contributed by atoms with E-state index >= 15 is 0 Å².